The van der Waals surface area contributed by atoms with E-state index >= 15 is 0 Å². The molecule has 1 rings (SSSR count). The summed E-state index contributed by atoms with van der Waals surface area (Å²) in [6.45, 7) is 0.120. The fraction of sp³-hybridized carbons (Fsp3) is 0.286. The van der Waals surface area contributed by atoms with Gasteiger partial charge in [0.05, 0.1) is 0 Å². The molecule has 2 N–H and O–H groups in total. The molecule has 0 radical (unpaired) electrons. The standard InChI is InChI=1S/C7H6BrF3N2O/c8-5-1-4(3-12)2-6(13-5)14-7(9,10)11/h1-2H,3,12H2. The normalized spacial score (nSPS) is 11.5. The topological polar surface area (TPSA) is 48.1 Å². The highest BCUT2D eigenvalue weighted by atomic mass is 79.9. The third kappa shape index (κ3) is 3.51. The molecular formula is C7H6BrF3N2O. The summed E-state index contributed by atoms with van der Waals surface area (Å²) in [6.07, 6.45) is -4.74. The highest BCUT2D eigenvalue weighted by Gasteiger charge is 2.31. The Bertz CT molecular complexity index is 329. The molecule has 1 aromatic rings. The molecule has 0 unspecified atom stereocenters. The Morgan fingerprint density at radius 3 is 2.57 bits per heavy atom. The number of halogens is 4. The van der Waals surface area contributed by atoms with Gasteiger partial charge < -0.3 is 10.5 Å². The Kier molecular flexibility index (Phi) is 3.33. The molecule has 0 aromatic carbocycles. The van der Waals surface area contributed by atoms with Crippen LogP contribution in [-0.2, 0) is 6.54 Å². The highest BCUT2D eigenvalue weighted by Crippen LogP contribution is 2.23. The summed E-state index contributed by atoms with van der Waals surface area (Å²) in [5.74, 6) is -0.521. The van der Waals surface area contributed by atoms with Crippen molar-refractivity contribution in [3.05, 3.63) is 22.3 Å². The summed E-state index contributed by atoms with van der Waals surface area (Å²) in [5, 5.41) is 0. The molecule has 0 spiro atoms. The maximum Gasteiger partial charge on any atom is 0.574 e. The minimum Gasteiger partial charge on any atom is -0.388 e. The van der Waals surface area contributed by atoms with Crippen LogP contribution in [0.5, 0.6) is 5.88 Å². The van der Waals surface area contributed by atoms with Crippen LogP contribution in [0.2, 0.25) is 0 Å². The molecule has 0 saturated carbocycles. The fourth-order valence-corrected chi connectivity index (χ4v) is 1.28. The van der Waals surface area contributed by atoms with Crippen molar-refractivity contribution in [2.45, 2.75) is 12.9 Å². The molecule has 3 nitrogen and oxygen atoms in total. The van der Waals surface area contributed by atoms with Gasteiger partial charge in [0.25, 0.3) is 0 Å². The zero-order valence-electron chi connectivity index (χ0n) is 6.81. The van der Waals surface area contributed by atoms with Crippen LogP contribution in [0.4, 0.5) is 13.2 Å². The minimum absolute atomic E-state index is 0.120. The lowest BCUT2D eigenvalue weighted by atomic mass is 10.3. The summed E-state index contributed by atoms with van der Waals surface area (Å²) >= 11 is 2.95. The molecule has 7 heteroatoms. The Morgan fingerprint density at radius 1 is 1.43 bits per heavy atom. The molecule has 0 amide bonds. The van der Waals surface area contributed by atoms with E-state index in [1.165, 1.54) is 6.07 Å². The molecule has 0 atom stereocenters. The smallest absolute Gasteiger partial charge is 0.388 e. The third-order valence-corrected chi connectivity index (χ3v) is 1.69. The van der Waals surface area contributed by atoms with Gasteiger partial charge in [0, 0.05) is 12.6 Å². The molecule has 0 aliphatic rings. The van der Waals surface area contributed by atoms with E-state index in [2.05, 4.69) is 25.7 Å². The van der Waals surface area contributed by atoms with Crippen LogP contribution in [0.3, 0.4) is 0 Å². The van der Waals surface area contributed by atoms with Crippen LogP contribution in [-0.4, -0.2) is 11.3 Å². The van der Waals surface area contributed by atoms with Crippen molar-refractivity contribution in [1.29, 1.82) is 0 Å². The molecule has 0 aliphatic carbocycles. The molecule has 1 aromatic heterocycles. The number of alkyl halides is 3. The van der Waals surface area contributed by atoms with Gasteiger partial charge in [-0.2, -0.15) is 0 Å². The maximum atomic E-state index is 11.8. The Hall–Kier alpha value is -0.820. The van der Waals surface area contributed by atoms with Gasteiger partial charge in [-0.25, -0.2) is 4.98 Å². The third-order valence-electron chi connectivity index (χ3n) is 1.29. The second-order valence-electron chi connectivity index (χ2n) is 2.39. The summed E-state index contributed by atoms with van der Waals surface area (Å²) < 4.78 is 39.3. The van der Waals surface area contributed by atoms with Crippen LogP contribution in [0.15, 0.2) is 16.7 Å². The average Bonchev–Trinajstić information content (AvgIpc) is 1.99. The molecule has 14 heavy (non-hydrogen) atoms. The number of nitrogens with two attached hydrogens (primary N) is 1. The lowest BCUT2D eigenvalue weighted by Gasteiger charge is -2.08. The van der Waals surface area contributed by atoms with Crippen molar-refractivity contribution in [1.82, 2.24) is 4.98 Å². The van der Waals surface area contributed by atoms with Crippen molar-refractivity contribution in [2.75, 3.05) is 0 Å². The zero-order valence-corrected chi connectivity index (χ0v) is 8.39. The molecule has 1 heterocycles. The summed E-state index contributed by atoms with van der Waals surface area (Å²) in [5.41, 5.74) is 5.77. The van der Waals surface area contributed by atoms with Crippen molar-refractivity contribution in [3.8, 4) is 5.88 Å². The van der Waals surface area contributed by atoms with Crippen LogP contribution in [0.25, 0.3) is 0 Å². The summed E-state index contributed by atoms with van der Waals surface area (Å²) in [7, 11) is 0. The monoisotopic (exact) mass is 270 g/mol. The van der Waals surface area contributed by atoms with Crippen LogP contribution >= 0.6 is 15.9 Å². The molecular weight excluding hydrogens is 265 g/mol. The number of hydrogen-bond acceptors (Lipinski definition) is 3. The second-order valence-corrected chi connectivity index (χ2v) is 3.20. The molecule has 78 valence electrons. The van der Waals surface area contributed by atoms with Gasteiger partial charge in [0.15, 0.2) is 0 Å². The van der Waals surface area contributed by atoms with E-state index in [-0.39, 0.29) is 11.1 Å². The number of aromatic nitrogens is 1. The lowest BCUT2D eigenvalue weighted by molar-refractivity contribution is -0.276. The number of pyridine rings is 1. The SMILES string of the molecule is NCc1cc(Br)nc(OC(F)(F)F)c1. The highest BCUT2D eigenvalue weighted by molar-refractivity contribution is 9.10. The van der Waals surface area contributed by atoms with Crippen molar-refractivity contribution in [3.63, 3.8) is 0 Å². The zero-order chi connectivity index (χ0) is 10.8. The van der Waals surface area contributed by atoms with E-state index < -0.39 is 12.2 Å². The van der Waals surface area contributed by atoms with Crippen LogP contribution < -0.4 is 10.5 Å². The first kappa shape index (κ1) is 11.3. The summed E-state index contributed by atoms with van der Waals surface area (Å²) in [6, 6.07) is 2.65. The van der Waals surface area contributed by atoms with E-state index in [0.717, 1.165) is 6.07 Å². The van der Waals surface area contributed by atoms with Gasteiger partial charge in [-0.1, -0.05) is 0 Å². The number of rotatable bonds is 2. The first-order valence-corrected chi connectivity index (χ1v) is 4.32. The van der Waals surface area contributed by atoms with E-state index in [4.69, 9.17) is 5.73 Å². The van der Waals surface area contributed by atoms with Gasteiger partial charge in [0.1, 0.15) is 4.60 Å². The van der Waals surface area contributed by atoms with Gasteiger partial charge in [-0.3, -0.25) is 0 Å². The van der Waals surface area contributed by atoms with E-state index in [1.54, 1.807) is 0 Å². The molecule has 0 bridgehead atoms. The Morgan fingerprint density at radius 2 is 2.07 bits per heavy atom. The van der Waals surface area contributed by atoms with Gasteiger partial charge in [0.2, 0.25) is 5.88 Å². The molecule has 0 fully saturated rings. The van der Waals surface area contributed by atoms with Gasteiger partial charge >= 0.3 is 6.36 Å². The number of ether oxygens (including phenoxy) is 1. The van der Waals surface area contributed by atoms with Crippen molar-refractivity contribution in [2.24, 2.45) is 5.73 Å². The van der Waals surface area contributed by atoms with Crippen LogP contribution in [0.1, 0.15) is 5.56 Å². The van der Waals surface area contributed by atoms with Crippen molar-refractivity contribution < 1.29 is 17.9 Å². The largest absolute Gasteiger partial charge is 0.574 e. The maximum absolute atomic E-state index is 11.8. The van der Waals surface area contributed by atoms with Gasteiger partial charge in [-0.15, -0.1) is 13.2 Å². The second kappa shape index (κ2) is 4.14. The molecule has 0 saturated heterocycles. The predicted octanol–water partition coefficient (Wildman–Crippen LogP) is 2.20. The first-order chi connectivity index (χ1) is 6.40. The van der Waals surface area contributed by atoms with E-state index in [9.17, 15) is 13.2 Å². The first-order valence-electron chi connectivity index (χ1n) is 3.53. The van der Waals surface area contributed by atoms with Crippen LogP contribution in [0, 0.1) is 0 Å². The fourth-order valence-electron chi connectivity index (χ4n) is 0.812. The Balaban J connectivity index is 2.92. The van der Waals surface area contributed by atoms with E-state index in [0.29, 0.717) is 5.56 Å². The lowest BCUT2D eigenvalue weighted by Crippen LogP contribution is -2.18. The van der Waals surface area contributed by atoms with Crippen molar-refractivity contribution >= 4 is 15.9 Å². The number of nitrogens with zero attached hydrogens (tertiary/aromatic N) is 1. The quantitative estimate of drug-likeness (QED) is 0.839. The minimum atomic E-state index is -4.74. The Labute approximate surface area is 86.2 Å². The predicted molar refractivity (Wildman–Crippen MR) is 46.5 cm³/mol. The molecule has 0 aliphatic heterocycles. The van der Waals surface area contributed by atoms with E-state index in [1.807, 2.05) is 0 Å². The van der Waals surface area contributed by atoms with Gasteiger partial charge in [-0.05, 0) is 27.6 Å². The number of hydrogen-bond donors (Lipinski definition) is 1. The average molecular weight is 271 g/mol. The summed E-state index contributed by atoms with van der Waals surface area (Å²) in [4.78, 5) is 3.49.